The maximum absolute atomic E-state index is 3.25. The van der Waals surface area contributed by atoms with E-state index >= 15 is 0 Å². The first-order chi connectivity index (χ1) is 8.56. The SMILES string of the molecule is CNCCc1c(C)n(C)c2ccc(C(C)C)cc12. The van der Waals surface area contributed by atoms with Crippen LogP contribution in [0.4, 0.5) is 0 Å². The quantitative estimate of drug-likeness (QED) is 0.872. The van der Waals surface area contributed by atoms with Gasteiger partial charge in [-0.15, -0.1) is 0 Å². The van der Waals surface area contributed by atoms with Gasteiger partial charge in [0.2, 0.25) is 0 Å². The number of benzene rings is 1. The molecule has 0 saturated heterocycles. The lowest BCUT2D eigenvalue weighted by Gasteiger charge is -2.06. The Labute approximate surface area is 110 Å². The van der Waals surface area contributed by atoms with E-state index in [0.29, 0.717) is 5.92 Å². The smallest absolute Gasteiger partial charge is 0.0482 e. The van der Waals surface area contributed by atoms with Crippen LogP contribution in [0.1, 0.15) is 36.6 Å². The van der Waals surface area contributed by atoms with Gasteiger partial charge in [-0.2, -0.15) is 0 Å². The van der Waals surface area contributed by atoms with Crippen molar-refractivity contribution in [3.63, 3.8) is 0 Å². The normalized spacial score (nSPS) is 11.7. The van der Waals surface area contributed by atoms with Crippen molar-refractivity contribution in [2.45, 2.75) is 33.1 Å². The number of aryl methyl sites for hydroxylation is 1. The van der Waals surface area contributed by atoms with Gasteiger partial charge in [0.25, 0.3) is 0 Å². The molecule has 0 aliphatic heterocycles. The van der Waals surface area contributed by atoms with Gasteiger partial charge in [0, 0.05) is 23.6 Å². The van der Waals surface area contributed by atoms with Crippen molar-refractivity contribution in [2.24, 2.45) is 7.05 Å². The molecule has 2 aromatic rings. The third-order valence-electron chi connectivity index (χ3n) is 3.94. The molecule has 0 fully saturated rings. The zero-order valence-corrected chi connectivity index (χ0v) is 12.2. The molecule has 2 heteroatoms. The zero-order chi connectivity index (χ0) is 13.3. The first-order valence-electron chi connectivity index (χ1n) is 6.78. The molecule has 0 unspecified atom stereocenters. The maximum Gasteiger partial charge on any atom is 0.0482 e. The van der Waals surface area contributed by atoms with Gasteiger partial charge in [0.15, 0.2) is 0 Å². The Balaban J connectivity index is 2.59. The average molecular weight is 244 g/mol. The van der Waals surface area contributed by atoms with Crippen LogP contribution in [-0.4, -0.2) is 18.2 Å². The summed E-state index contributed by atoms with van der Waals surface area (Å²) in [6.07, 6.45) is 1.10. The molecule has 0 aliphatic carbocycles. The summed E-state index contributed by atoms with van der Waals surface area (Å²) < 4.78 is 2.31. The predicted octanol–water partition coefficient (Wildman–Crippen LogP) is 3.37. The Hall–Kier alpha value is -1.28. The summed E-state index contributed by atoms with van der Waals surface area (Å²) in [6, 6.07) is 6.90. The molecule has 0 bridgehead atoms. The number of rotatable bonds is 4. The van der Waals surface area contributed by atoms with Gasteiger partial charge in [0.05, 0.1) is 0 Å². The molecule has 0 amide bonds. The van der Waals surface area contributed by atoms with Crippen molar-refractivity contribution in [1.82, 2.24) is 9.88 Å². The van der Waals surface area contributed by atoms with Gasteiger partial charge in [-0.3, -0.25) is 0 Å². The highest BCUT2D eigenvalue weighted by Crippen LogP contribution is 2.28. The lowest BCUT2D eigenvalue weighted by Crippen LogP contribution is -2.10. The lowest BCUT2D eigenvalue weighted by molar-refractivity contribution is 0.783. The van der Waals surface area contributed by atoms with Gasteiger partial charge in [-0.05, 0) is 56.1 Å². The van der Waals surface area contributed by atoms with E-state index in [-0.39, 0.29) is 0 Å². The molecule has 18 heavy (non-hydrogen) atoms. The summed E-state index contributed by atoms with van der Waals surface area (Å²) in [7, 11) is 4.18. The van der Waals surface area contributed by atoms with E-state index in [9.17, 15) is 0 Å². The Bertz CT molecular complexity index is 550. The summed E-state index contributed by atoms with van der Waals surface area (Å²) >= 11 is 0. The van der Waals surface area contributed by atoms with Crippen LogP contribution >= 0.6 is 0 Å². The monoisotopic (exact) mass is 244 g/mol. The molecular formula is C16H24N2. The minimum absolute atomic E-state index is 0.590. The lowest BCUT2D eigenvalue weighted by atomic mass is 9.99. The van der Waals surface area contributed by atoms with Crippen molar-refractivity contribution in [2.75, 3.05) is 13.6 Å². The van der Waals surface area contributed by atoms with Crippen LogP contribution in [0.25, 0.3) is 10.9 Å². The second kappa shape index (κ2) is 5.15. The summed E-state index contributed by atoms with van der Waals surface area (Å²) in [6.45, 7) is 7.76. The number of likely N-dealkylation sites (N-methyl/N-ethyl adjacent to an activating group) is 1. The fourth-order valence-electron chi connectivity index (χ4n) is 2.59. The molecule has 1 aromatic heterocycles. The van der Waals surface area contributed by atoms with Crippen LogP contribution in [0.3, 0.4) is 0 Å². The Morgan fingerprint density at radius 3 is 2.61 bits per heavy atom. The second-order valence-corrected chi connectivity index (χ2v) is 5.41. The van der Waals surface area contributed by atoms with Crippen LogP contribution in [0, 0.1) is 6.92 Å². The van der Waals surface area contributed by atoms with Gasteiger partial charge in [-0.1, -0.05) is 19.9 Å². The Morgan fingerprint density at radius 2 is 2.00 bits per heavy atom. The van der Waals surface area contributed by atoms with Crippen molar-refractivity contribution < 1.29 is 0 Å². The van der Waals surface area contributed by atoms with E-state index in [1.165, 1.54) is 27.7 Å². The number of nitrogens with zero attached hydrogens (tertiary/aromatic N) is 1. The van der Waals surface area contributed by atoms with E-state index < -0.39 is 0 Å². The van der Waals surface area contributed by atoms with Crippen LogP contribution in [0.2, 0.25) is 0 Å². The molecule has 0 spiro atoms. The van der Waals surface area contributed by atoms with Gasteiger partial charge in [-0.25, -0.2) is 0 Å². The van der Waals surface area contributed by atoms with Gasteiger partial charge < -0.3 is 9.88 Å². The average Bonchev–Trinajstić information content (AvgIpc) is 2.59. The minimum atomic E-state index is 0.590. The predicted molar refractivity (Wildman–Crippen MR) is 79.4 cm³/mol. The van der Waals surface area contributed by atoms with Crippen LogP contribution < -0.4 is 5.32 Å². The molecule has 0 aliphatic rings. The first kappa shape index (κ1) is 13.2. The summed E-state index contributed by atoms with van der Waals surface area (Å²) in [5.74, 6) is 0.590. The molecule has 1 N–H and O–H groups in total. The highest BCUT2D eigenvalue weighted by molar-refractivity contribution is 5.86. The van der Waals surface area contributed by atoms with Crippen molar-refractivity contribution in [3.05, 3.63) is 35.0 Å². The number of hydrogen-bond acceptors (Lipinski definition) is 1. The number of nitrogens with one attached hydrogen (secondary N) is 1. The van der Waals surface area contributed by atoms with Crippen molar-refractivity contribution >= 4 is 10.9 Å². The zero-order valence-electron chi connectivity index (χ0n) is 12.2. The van der Waals surface area contributed by atoms with E-state index in [1.807, 2.05) is 7.05 Å². The van der Waals surface area contributed by atoms with Gasteiger partial charge >= 0.3 is 0 Å². The van der Waals surface area contributed by atoms with E-state index in [0.717, 1.165) is 13.0 Å². The molecule has 2 rings (SSSR count). The van der Waals surface area contributed by atoms with Crippen LogP contribution in [-0.2, 0) is 13.5 Å². The largest absolute Gasteiger partial charge is 0.348 e. The van der Waals surface area contributed by atoms with E-state index in [2.05, 4.69) is 55.9 Å². The molecule has 98 valence electrons. The van der Waals surface area contributed by atoms with Crippen molar-refractivity contribution in [3.8, 4) is 0 Å². The van der Waals surface area contributed by atoms with Crippen LogP contribution in [0.15, 0.2) is 18.2 Å². The fraction of sp³-hybridized carbons (Fsp3) is 0.500. The summed E-state index contributed by atoms with van der Waals surface area (Å²) in [5, 5.41) is 4.67. The topological polar surface area (TPSA) is 17.0 Å². The minimum Gasteiger partial charge on any atom is -0.348 e. The highest BCUT2D eigenvalue weighted by Gasteiger charge is 2.12. The van der Waals surface area contributed by atoms with Crippen LogP contribution in [0.5, 0.6) is 0 Å². The number of hydrogen-bond donors (Lipinski definition) is 1. The fourth-order valence-corrected chi connectivity index (χ4v) is 2.59. The molecular weight excluding hydrogens is 220 g/mol. The highest BCUT2D eigenvalue weighted by atomic mass is 14.9. The van der Waals surface area contributed by atoms with Gasteiger partial charge in [0.1, 0.15) is 0 Å². The second-order valence-electron chi connectivity index (χ2n) is 5.41. The van der Waals surface area contributed by atoms with Crippen molar-refractivity contribution in [1.29, 1.82) is 0 Å². The molecule has 2 nitrogen and oxygen atoms in total. The maximum atomic E-state index is 3.25. The standard InChI is InChI=1S/C16H24N2/c1-11(2)13-6-7-16-15(10-13)14(8-9-17-4)12(3)18(16)5/h6-7,10-11,17H,8-9H2,1-5H3. The van der Waals surface area contributed by atoms with E-state index in [1.54, 1.807) is 0 Å². The number of fused-ring (bicyclic) bond motifs is 1. The molecule has 0 saturated carbocycles. The Kier molecular flexibility index (Phi) is 3.76. The molecule has 1 heterocycles. The summed E-state index contributed by atoms with van der Waals surface area (Å²) in [5.41, 5.74) is 5.66. The summed E-state index contributed by atoms with van der Waals surface area (Å²) in [4.78, 5) is 0. The third kappa shape index (κ3) is 2.17. The Morgan fingerprint density at radius 1 is 1.28 bits per heavy atom. The molecule has 0 radical (unpaired) electrons. The number of aromatic nitrogens is 1. The third-order valence-corrected chi connectivity index (χ3v) is 3.94. The first-order valence-corrected chi connectivity index (χ1v) is 6.78. The van der Waals surface area contributed by atoms with E-state index in [4.69, 9.17) is 0 Å². The molecule has 1 aromatic carbocycles. The molecule has 0 atom stereocenters.